The third-order valence-electron chi connectivity index (χ3n) is 3.30. The fourth-order valence-corrected chi connectivity index (χ4v) is 2.06. The van der Waals surface area contributed by atoms with Gasteiger partial charge in [-0.1, -0.05) is 58.3 Å². The summed E-state index contributed by atoms with van der Waals surface area (Å²) in [7, 11) is 0. The van der Waals surface area contributed by atoms with Crippen molar-refractivity contribution in [2.24, 2.45) is 5.90 Å². The summed E-state index contributed by atoms with van der Waals surface area (Å²) in [4.78, 5) is 26.2. The van der Waals surface area contributed by atoms with Gasteiger partial charge in [-0.25, -0.2) is 0 Å². The summed E-state index contributed by atoms with van der Waals surface area (Å²) < 4.78 is 0. The van der Waals surface area contributed by atoms with Crippen LogP contribution < -0.4 is 5.90 Å². The minimum atomic E-state index is -0.513. The molecule has 0 heterocycles. The Balaban J connectivity index is 0. The number of ketones is 1. The van der Waals surface area contributed by atoms with Crippen LogP contribution in [0, 0.1) is 0 Å². The molecule has 0 radical (unpaired) electrons. The predicted octanol–water partition coefficient (Wildman–Crippen LogP) is 3.03. The first-order chi connectivity index (χ1) is 9.20. The molecule has 0 spiro atoms. The van der Waals surface area contributed by atoms with Gasteiger partial charge in [-0.2, -0.15) is 5.90 Å². The third-order valence-corrected chi connectivity index (χ3v) is 3.30. The average molecular weight is 295 g/mol. The fraction of sp³-hybridized carbons (Fsp3) is 0.867. The zero-order valence-corrected chi connectivity index (χ0v) is 12.3. The summed E-state index contributed by atoms with van der Waals surface area (Å²) in [5.74, 6) is 4.32. The van der Waals surface area contributed by atoms with Gasteiger partial charge in [0.05, 0.1) is 6.42 Å². The van der Waals surface area contributed by atoms with E-state index >= 15 is 0 Å². The molecule has 0 aromatic carbocycles. The van der Waals surface area contributed by atoms with Gasteiger partial charge in [-0.15, -0.1) is 0 Å². The summed E-state index contributed by atoms with van der Waals surface area (Å²) >= 11 is 0. The SMILES string of the molecule is CCCCCCCCCCCC(=O)CCC(=O)ON.[NaH]. The summed E-state index contributed by atoms with van der Waals surface area (Å²) in [6.07, 6.45) is 12.1. The van der Waals surface area contributed by atoms with Crippen LogP contribution in [0.3, 0.4) is 0 Å². The van der Waals surface area contributed by atoms with Crippen molar-refractivity contribution in [1.29, 1.82) is 0 Å². The first-order valence-corrected chi connectivity index (χ1v) is 7.62. The van der Waals surface area contributed by atoms with Crippen LogP contribution in [0.25, 0.3) is 0 Å². The van der Waals surface area contributed by atoms with Crippen molar-refractivity contribution in [1.82, 2.24) is 0 Å². The summed E-state index contributed by atoms with van der Waals surface area (Å²) in [6, 6.07) is 0. The van der Waals surface area contributed by atoms with Gasteiger partial charge in [0.25, 0.3) is 0 Å². The van der Waals surface area contributed by atoms with Crippen molar-refractivity contribution in [3.8, 4) is 0 Å². The number of nitrogens with two attached hydrogens (primary N) is 1. The molecule has 0 atom stereocenters. The summed E-state index contributed by atoms with van der Waals surface area (Å²) in [5, 5.41) is 0. The van der Waals surface area contributed by atoms with E-state index in [4.69, 9.17) is 5.90 Å². The molecule has 0 bridgehead atoms. The molecule has 0 rings (SSSR count). The van der Waals surface area contributed by atoms with E-state index in [-0.39, 0.29) is 48.2 Å². The second-order valence-electron chi connectivity index (χ2n) is 5.11. The Morgan fingerprint density at radius 3 is 1.80 bits per heavy atom. The number of hydrogen-bond acceptors (Lipinski definition) is 4. The molecule has 0 unspecified atom stereocenters. The fourth-order valence-electron chi connectivity index (χ4n) is 2.06. The number of rotatable bonds is 13. The average Bonchev–Trinajstić information content (AvgIpc) is 2.42. The molecule has 20 heavy (non-hydrogen) atoms. The maximum absolute atomic E-state index is 11.4. The standard InChI is InChI=1S/C15H29NO3.Na.H/c1-2-3-4-5-6-7-8-9-10-11-14(17)12-13-15(18)19-16;;/h2-13,16H2,1H3;;. The van der Waals surface area contributed by atoms with Gasteiger partial charge >= 0.3 is 35.5 Å². The first kappa shape index (κ1) is 22.4. The van der Waals surface area contributed by atoms with E-state index in [9.17, 15) is 9.59 Å². The molecule has 0 aliphatic carbocycles. The van der Waals surface area contributed by atoms with Crippen LogP contribution in [-0.4, -0.2) is 41.3 Å². The number of carbonyl (C=O) groups is 2. The molecule has 0 aliphatic heterocycles. The van der Waals surface area contributed by atoms with Gasteiger partial charge in [0, 0.05) is 12.8 Å². The normalized spacial score (nSPS) is 9.90. The zero-order chi connectivity index (χ0) is 14.3. The van der Waals surface area contributed by atoms with E-state index in [1.807, 2.05) is 0 Å². The van der Waals surface area contributed by atoms with Crippen LogP contribution in [0.15, 0.2) is 0 Å². The summed E-state index contributed by atoms with van der Waals surface area (Å²) in [6.45, 7) is 2.23. The maximum atomic E-state index is 11.4. The Hall–Kier alpha value is 0.1000. The van der Waals surface area contributed by atoms with Crippen LogP contribution >= 0.6 is 0 Å². The van der Waals surface area contributed by atoms with Crippen LogP contribution in [-0.2, 0) is 14.4 Å². The quantitative estimate of drug-likeness (QED) is 0.322. The molecular weight excluding hydrogens is 265 g/mol. The third kappa shape index (κ3) is 16.2. The Labute approximate surface area is 145 Å². The monoisotopic (exact) mass is 295 g/mol. The zero-order valence-electron chi connectivity index (χ0n) is 12.3. The Morgan fingerprint density at radius 1 is 0.800 bits per heavy atom. The number of hydrogen-bond donors (Lipinski definition) is 1. The van der Waals surface area contributed by atoms with Gasteiger partial charge in [0.15, 0.2) is 0 Å². The molecule has 0 amide bonds. The van der Waals surface area contributed by atoms with Crippen molar-refractivity contribution >= 4 is 41.3 Å². The van der Waals surface area contributed by atoms with E-state index in [2.05, 4.69) is 11.8 Å². The van der Waals surface area contributed by atoms with E-state index < -0.39 is 5.97 Å². The van der Waals surface area contributed by atoms with Crippen LogP contribution in [0.4, 0.5) is 0 Å². The molecule has 0 aliphatic rings. The molecule has 5 heteroatoms. The minimum absolute atomic E-state index is 0. The van der Waals surface area contributed by atoms with Crippen LogP contribution in [0.2, 0.25) is 0 Å². The van der Waals surface area contributed by atoms with Gasteiger partial charge in [-0.05, 0) is 6.42 Å². The van der Waals surface area contributed by atoms with Crippen molar-refractivity contribution in [2.75, 3.05) is 0 Å². The molecule has 0 saturated heterocycles. The van der Waals surface area contributed by atoms with Gasteiger partial charge in [0.2, 0.25) is 0 Å². The molecule has 0 fully saturated rings. The van der Waals surface area contributed by atoms with E-state index in [1.54, 1.807) is 0 Å². The van der Waals surface area contributed by atoms with Crippen LogP contribution in [0.1, 0.15) is 84.0 Å². The van der Waals surface area contributed by atoms with E-state index in [0.717, 1.165) is 12.8 Å². The number of Topliss-reactive ketones (excluding diaryl/α,β-unsaturated/α-hetero) is 1. The molecule has 114 valence electrons. The van der Waals surface area contributed by atoms with Crippen LogP contribution in [0.5, 0.6) is 0 Å². The predicted molar refractivity (Wildman–Crippen MR) is 83.5 cm³/mol. The van der Waals surface area contributed by atoms with Gasteiger partial charge < -0.3 is 4.84 Å². The van der Waals surface area contributed by atoms with Crippen molar-refractivity contribution in [2.45, 2.75) is 84.0 Å². The van der Waals surface area contributed by atoms with Crippen molar-refractivity contribution in [3.63, 3.8) is 0 Å². The van der Waals surface area contributed by atoms with Crippen molar-refractivity contribution < 1.29 is 14.4 Å². The number of unbranched alkanes of at least 4 members (excludes halogenated alkanes) is 8. The van der Waals surface area contributed by atoms with Gasteiger partial charge in [0.1, 0.15) is 5.78 Å². The van der Waals surface area contributed by atoms with Crippen molar-refractivity contribution in [3.05, 3.63) is 0 Å². The van der Waals surface area contributed by atoms with E-state index in [1.165, 1.54) is 44.9 Å². The first-order valence-electron chi connectivity index (χ1n) is 7.62. The molecule has 0 aromatic rings. The Kier molecular flexibility index (Phi) is 19.2. The molecular formula is C15H30NNaO3. The van der Waals surface area contributed by atoms with E-state index in [0.29, 0.717) is 6.42 Å². The second kappa shape index (κ2) is 17.2. The second-order valence-corrected chi connectivity index (χ2v) is 5.11. The topological polar surface area (TPSA) is 69.4 Å². The molecule has 0 aromatic heterocycles. The summed E-state index contributed by atoms with van der Waals surface area (Å²) in [5.41, 5.74) is 0. The Morgan fingerprint density at radius 2 is 1.30 bits per heavy atom. The molecule has 4 nitrogen and oxygen atoms in total. The Bertz CT molecular complexity index is 247. The molecule has 2 N–H and O–H groups in total. The van der Waals surface area contributed by atoms with Gasteiger partial charge in [-0.3, -0.25) is 9.59 Å². The number of carbonyl (C=O) groups excluding carboxylic acids is 2. The molecule has 0 saturated carbocycles.